The number of primary sulfonamides is 1. The van der Waals surface area contributed by atoms with Gasteiger partial charge in [-0.05, 0) is 68.3 Å². The number of nitrogens with two attached hydrogens (primary N) is 2. The van der Waals surface area contributed by atoms with Crippen LogP contribution in [0.15, 0.2) is 107 Å². The molecule has 0 aliphatic rings. The van der Waals surface area contributed by atoms with Crippen molar-refractivity contribution in [2.24, 2.45) is 15.9 Å². The number of anilines is 1. The number of carbonyl (C=O) groups is 2. The van der Waals surface area contributed by atoms with Gasteiger partial charge in [-0.1, -0.05) is 54.6 Å². The molecule has 0 saturated carbocycles. The maximum atomic E-state index is 13.3. The van der Waals surface area contributed by atoms with E-state index >= 15 is 0 Å². The number of nitrogens with one attached hydrogen (secondary N) is 1. The van der Waals surface area contributed by atoms with E-state index in [0.29, 0.717) is 28.1 Å². The van der Waals surface area contributed by atoms with E-state index in [4.69, 9.17) is 15.6 Å². The minimum absolute atomic E-state index is 0.0188. The van der Waals surface area contributed by atoms with Crippen molar-refractivity contribution < 1.29 is 22.7 Å². The molecule has 228 valence electrons. The van der Waals surface area contributed by atoms with Crippen molar-refractivity contribution in [3.63, 3.8) is 0 Å². The van der Waals surface area contributed by atoms with E-state index in [1.807, 2.05) is 19.9 Å². The number of aromatic nitrogens is 1. The number of amides is 3. The molecule has 1 aromatic heterocycles. The van der Waals surface area contributed by atoms with Crippen LogP contribution in [0.4, 0.5) is 15.3 Å². The van der Waals surface area contributed by atoms with Crippen molar-refractivity contribution in [3.8, 4) is 11.1 Å². The van der Waals surface area contributed by atoms with Gasteiger partial charge in [0.1, 0.15) is 11.9 Å². The standard InChI is InChI=1S/C32H34N6O5S/c1-21(2)38(31(39)36-26-16-14-24(15-17-26)27-11-4-5-13-29(27)44(34,41)42)20-23-9-8-10-25(19-23)30(33)37-32(40)43-22(3)28-12-6-7-18-35-28/h4-19,21-22H,20H2,1-3H3,(H,36,39)(H2,33,37,40)(H2,34,41,42). The van der Waals surface area contributed by atoms with Crippen LogP contribution in [0, 0.1) is 0 Å². The lowest BCUT2D eigenvalue weighted by molar-refractivity contribution is 0.115. The number of hydrogen-bond donors (Lipinski definition) is 3. The third-order valence-electron chi connectivity index (χ3n) is 6.69. The zero-order valence-corrected chi connectivity index (χ0v) is 25.4. The Morgan fingerprint density at radius 3 is 2.32 bits per heavy atom. The first-order valence-corrected chi connectivity index (χ1v) is 15.3. The minimum Gasteiger partial charge on any atom is -0.438 e. The van der Waals surface area contributed by atoms with Crippen molar-refractivity contribution >= 4 is 33.7 Å². The zero-order chi connectivity index (χ0) is 31.9. The average Bonchev–Trinajstić information content (AvgIpc) is 3.00. The number of sulfonamides is 1. The average molecular weight is 615 g/mol. The Morgan fingerprint density at radius 2 is 1.66 bits per heavy atom. The van der Waals surface area contributed by atoms with Gasteiger partial charge in [-0.15, -0.1) is 0 Å². The fraction of sp³-hybridized carbons (Fsp3) is 0.188. The molecule has 0 radical (unpaired) electrons. The molecule has 0 aliphatic carbocycles. The molecule has 4 rings (SSSR count). The largest absolute Gasteiger partial charge is 0.438 e. The highest BCUT2D eigenvalue weighted by Gasteiger charge is 2.19. The Kier molecular flexibility index (Phi) is 10.1. The van der Waals surface area contributed by atoms with Crippen LogP contribution in [0.5, 0.6) is 0 Å². The van der Waals surface area contributed by atoms with Crippen LogP contribution < -0.4 is 16.2 Å². The first-order chi connectivity index (χ1) is 20.9. The van der Waals surface area contributed by atoms with Crippen LogP contribution >= 0.6 is 0 Å². The molecule has 3 amide bonds. The van der Waals surface area contributed by atoms with E-state index in [1.165, 1.54) is 6.07 Å². The van der Waals surface area contributed by atoms with Crippen molar-refractivity contribution in [2.45, 2.75) is 44.4 Å². The van der Waals surface area contributed by atoms with Gasteiger partial charge in [0, 0.05) is 35.6 Å². The van der Waals surface area contributed by atoms with Crippen molar-refractivity contribution in [2.75, 3.05) is 5.32 Å². The number of urea groups is 1. The third kappa shape index (κ3) is 8.27. The number of aliphatic imine (C=N–C) groups is 1. The van der Waals surface area contributed by atoms with Gasteiger partial charge in [0.25, 0.3) is 0 Å². The minimum atomic E-state index is -3.91. The molecule has 0 bridgehead atoms. The summed E-state index contributed by atoms with van der Waals surface area (Å²) in [6.45, 7) is 5.74. The van der Waals surface area contributed by atoms with Crippen LogP contribution in [0.2, 0.25) is 0 Å². The zero-order valence-electron chi connectivity index (χ0n) is 24.5. The summed E-state index contributed by atoms with van der Waals surface area (Å²) < 4.78 is 29.3. The van der Waals surface area contributed by atoms with Gasteiger partial charge < -0.3 is 20.7 Å². The van der Waals surface area contributed by atoms with Gasteiger partial charge >= 0.3 is 12.1 Å². The van der Waals surface area contributed by atoms with E-state index in [1.54, 1.807) is 96.9 Å². The molecule has 12 heteroatoms. The van der Waals surface area contributed by atoms with Crippen molar-refractivity contribution in [3.05, 3.63) is 114 Å². The van der Waals surface area contributed by atoms with Gasteiger partial charge in [-0.3, -0.25) is 4.98 Å². The number of hydrogen-bond acceptors (Lipinski definition) is 6. The molecule has 3 aromatic carbocycles. The molecule has 4 aromatic rings. The predicted octanol–water partition coefficient (Wildman–Crippen LogP) is 5.44. The Bertz CT molecular complexity index is 1760. The summed E-state index contributed by atoms with van der Waals surface area (Å²) in [6.07, 6.45) is 0.173. The number of ether oxygens (including phenoxy) is 1. The van der Waals surface area contributed by atoms with Gasteiger partial charge in [0.15, 0.2) is 0 Å². The Hall–Kier alpha value is -5.07. The second-order valence-corrected chi connectivity index (χ2v) is 11.8. The lowest BCUT2D eigenvalue weighted by Gasteiger charge is -2.27. The van der Waals surface area contributed by atoms with Crippen molar-refractivity contribution in [1.29, 1.82) is 0 Å². The molecule has 1 unspecified atom stereocenters. The van der Waals surface area contributed by atoms with Gasteiger partial charge in [0.05, 0.1) is 10.6 Å². The highest BCUT2D eigenvalue weighted by molar-refractivity contribution is 7.89. The molecule has 0 spiro atoms. The van der Waals surface area contributed by atoms with Crippen LogP contribution in [-0.4, -0.2) is 42.3 Å². The highest BCUT2D eigenvalue weighted by Crippen LogP contribution is 2.28. The van der Waals surface area contributed by atoms with Crippen molar-refractivity contribution in [1.82, 2.24) is 9.88 Å². The summed E-state index contributed by atoms with van der Waals surface area (Å²) in [5.74, 6) is -0.0188. The van der Waals surface area contributed by atoms with Crippen LogP contribution in [0.1, 0.15) is 43.7 Å². The van der Waals surface area contributed by atoms with E-state index in [9.17, 15) is 18.0 Å². The van der Waals surface area contributed by atoms with Crippen LogP contribution in [0.3, 0.4) is 0 Å². The maximum Gasteiger partial charge on any atom is 0.436 e. The van der Waals surface area contributed by atoms with Gasteiger partial charge in [-0.2, -0.15) is 4.99 Å². The lowest BCUT2D eigenvalue weighted by atomic mass is 10.1. The second kappa shape index (κ2) is 13.9. The smallest absolute Gasteiger partial charge is 0.436 e. The maximum absolute atomic E-state index is 13.3. The van der Waals surface area contributed by atoms with E-state index in [-0.39, 0.29) is 29.3 Å². The van der Waals surface area contributed by atoms with Crippen LogP contribution in [-0.2, 0) is 21.3 Å². The highest BCUT2D eigenvalue weighted by atomic mass is 32.2. The fourth-order valence-corrected chi connectivity index (χ4v) is 5.17. The number of benzene rings is 3. The molecular formula is C32H34N6O5S. The van der Waals surface area contributed by atoms with E-state index in [2.05, 4.69) is 15.3 Å². The topological polar surface area (TPSA) is 170 Å². The number of pyridine rings is 1. The Labute approximate surface area is 256 Å². The molecule has 0 fully saturated rings. The summed E-state index contributed by atoms with van der Waals surface area (Å²) in [7, 11) is -3.91. The normalized spacial score (nSPS) is 12.4. The molecule has 0 aliphatic heterocycles. The monoisotopic (exact) mass is 614 g/mol. The summed E-state index contributed by atoms with van der Waals surface area (Å²) in [5, 5.41) is 8.26. The molecule has 1 heterocycles. The molecule has 0 saturated heterocycles. The van der Waals surface area contributed by atoms with Crippen LogP contribution in [0.25, 0.3) is 11.1 Å². The molecule has 1 atom stereocenters. The Balaban J connectivity index is 1.43. The number of carbonyl (C=O) groups excluding carboxylic acids is 2. The first kappa shape index (κ1) is 31.9. The SMILES string of the molecule is CC(OC(=O)N=C(N)c1cccc(CN(C(=O)Nc2ccc(-c3ccccc3S(N)(=O)=O)cc2)C(C)C)c1)c1ccccn1. The number of nitrogens with zero attached hydrogens (tertiary/aromatic N) is 3. The first-order valence-electron chi connectivity index (χ1n) is 13.8. The lowest BCUT2D eigenvalue weighted by Crippen LogP contribution is -2.39. The predicted molar refractivity (Wildman–Crippen MR) is 169 cm³/mol. The molecule has 5 N–H and O–H groups in total. The van der Waals surface area contributed by atoms with Gasteiger partial charge in [-0.25, -0.2) is 23.1 Å². The summed E-state index contributed by atoms with van der Waals surface area (Å²) in [4.78, 5) is 35.4. The number of amidine groups is 1. The van der Waals surface area contributed by atoms with Gasteiger partial charge in [0.2, 0.25) is 10.0 Å². The second-order valence-electron chi connectivity index (χ2n) is 10.2. The van der Waals surface area contributed by atoms with E-state index in [0.717, 1.165) is 5.56 Å². The quantitative estimate of drug-likeness (QED) is 0.166. The molecule has 44 heavy (non-hydrogen) atoms. The summed E-state index contributed by atoms with van der Waals surface area (Å²) >= 11 is 0. The van der Waals surface area contributed by atoms with E-state index < -0.39 is 22.2 Å². The summed E-state index contributed by atoms with van der Waals surface area (Å²) in [5.41, 5.74) is 9.62. The number of rotatable bonds is 9. The summed E-state index contributed by atoms with van der Waals surface area (Å²) in [6, 6.07) is 25.2. The Morgan fingerprint density at radius 1 is 0.955 bits per heavy atom. The molecular weight excluding hydrogens is 580 g/mol. The molecule has 11 nitrogen and oxygen atoms in total. The third-order valence-corrected chi connectivity index (χ3v) is 7.66. The fourth-order valence-electron chi connectivity index (χ4n) is 4.41.